The van der Waals surface area contributed by atoms with E-state index in [0.29, 0.717) is 17.8 Å². The van der Waals surface area contributed by atoms with Crippen molar-refractivity contribution in [2.45, 2.75) is 46.3 Å². The Kier molecular flexibility index (Phi) is 3.33. The van der Waals surface area contributed by atoms with E-state index in [4.69, 9.17) is 10.00 Å². The molecule has 1 aliphatic heterocycles. The van der Waals surface area contributed by atoms with Crippen molar-refractivity contribution in [2.75, 3.05) is 0 Å². The van der Waals surface area contributed by atoms with Crippen molar-refractivity contribution in [1.82, 2.24) is 0 Å². The molecule has 0 N–H and O–H groups in total. The van der Waals surface area contributed by atoms with Gasteiger partial charge in [-0.15, -0.1) is 0 Å². The quantitative estimate of drug-likeness (QED) is 0.623. The second-order valence-corrected chi connectivity index (χ2v) is 4.21. The summed E-state index contributed by atoms with van der Waals surface area (Å²) in [6.07, 6.45) is 1.09. The van der Waals surface area contributed by atoms with Crippen molar-refractivity contribution in [3.63, 3.8) is 0 Å². The maximum Gasteiger partial charge on any atom is 0.147 e. The first-order valence-corrected chi connectivity index (χ1v) is 5.16. The third-order valence-electron chi connectivity index (χ3n) is 3.57. The molecule has 1 saturated heterocycles. The summed E-state index contributed by atoms with van der Waals surface area (Å²) in [4.78, 5) is 0. The summed E-state index contributed by atoms with van der Waals surface area (Å²) >= 11 is 0. The van der Waals surface area contributed by atoms with Crippen LogP contribution in [0.2, 0.25) is 0 Å². The zero-order valence-electron chi connectivity index (χ0n) is 8.95. The molecule has 1 fully saturated rings. The highest BCUT2D eigenvalue weighted by atomic mass is 16.5. The van der Waals surface area contributed by atoms with E-state index in [1.807, 2.05) is 0 Å². The van der Waals surface area contributed by atoms with Crippen LogP contribution >= 0.6 is 0 Å². The van der Waals surface area contributed by atoms with Gasteiger partial charge in [-0.1, -0.05) is 27.7 Å². The van der Waals surface area contributed by atoms with E-state index >= 15 is 0 Å². The molecular weight excluding hydrogens is 162 g/mol. The Morgan fingerprint density at radius 2 is 1.77 bits per heavy atom. The average Bonchev–Trinajstić information content (AvgIpc) is 2.15. The average molecular weight is 181 g/mol. The first kappa shape index (κ1) is 10.5. The molecule has 0 aromatic heterocycles. The molecule has 0 spiro atoms. The lowest BCUT2D eigenvalue weighted by atomic mass is 9.76. The van der Waals surface area contributed by atoms with Gasteiger partial charge in [0.2, 0.25) is 0 Å². The third kappa shape index (κ3) is 1.86. The molecule has 0 aliphatic carbocycles. The van der Waals surface area contributed by atoms with Crippen LogP contribution < -0.4 is 0 Å². The van der Waals surface area contributed by atoms with Gasteiger partial charge in [0.05, 0.1) is 12.2 Å². The lowest BCUT2D eigenvalue weighted by Gasteiger charge is -2.40. The first-order valence-electron chi connectivity index (χ1n) is 5.16. The number of nitrogens with zero attached hydrogens (tertiary/aromatic N) is 1. The summed E-state index contributed by atoms with van der Waals surface area (Å²) in [7, 11) is 0. The molecule has 0 saturated carbocycles. The SMILES string of the molecule is CCC1OC(C#N)C(C)C(C)C1C. The van der Waals surface area contributed by atoms with Crippen molar-refractivity contribution in [1.29, 1.82) is 5.26 Å². The molecule has 2 heteroatoms. The Morgan fingerprint density at radius 3 is 2.23 bits per heavy atom. The van der Waals surface area contributed by atoms with E-state index in [1.54, 1.807) is 0 Å². The number of ether oxygens (including phenoxy) is 1. The molecular formula is C11H19NO. The van der Waals surface area contributed by atoms with Gasteiger partial charge in [-0.25, -0.2) is 0 Å². The Balaban J connectivity index is 2.73. The highest BCUT2D eigenvalue weighted by Crippen LogP contribution is 2.35. The van der Waals surface area contributed by atoms with Gasteiger partial charge in [0, 0.05) is 0 Å². The van der Waals surface area contributed by atoms with Gasteiger partial charge in [-0.3, -0.25) is 0 Å². The van der Waals surface area contributed by atoms with E-state index in [2.05, 4.69) is 33.8 Å². The summed E-state index contributed by atoms with van der Waals surface area (Å²) in [5.41, 5.74) is 0. The zero-order chi connectivity index (χ0) is 10.0. The molecule has 0 aromatic rings. The summed E-state index contributed by atoms with van der Waals surface area (Å²) in [6.45, 7) is 8.69. The Bertz CT molecular complexity index is 207. The Morgan fingerprint density at radius 1 is 1.15 bits per heavy atom. The predicted octanol–water partition coefficient (Wildman–Crippen LogP) is 2.60. The number of hydrogen-bond donors (Lipinski definition) is 0. The molecule has 1 heterocycles. The summed E-state index contributed by atoms with van der Waals surface area (Å²) in [6, 6.07) is 2.25. The number of hydrogen-bond acceptors (Lipinski definition) is 2. The summed E-state index contributed by atoms with van der Waals surface area (Å²) < 4.78 is 5.72. The van der Waals surface area contributed by atoms with Crippen molar-refractivity contribution in [3.8, 4) is 6.07 Å². The van der Waals surface area contributed by atoms with Gasteiger partial charge < -0.3 is 4.74 Å². The lowest BCUT2D eigenvalue weighted by molar-refractivity contribution is -0.109. The van der Waals surface area contributed by atoms with Crippen LogP contribution in [-0.4, -0.2) is 12.2 Å². The Labute approximate surface area is 80.9 Å². The summed E-state index contributed by atoms with van der Waals surface area (Å²) in [5, 5.41) is 8.90. The molecule has 13 heavy (non-hydrogen) atoms. The molecule has 5 atom stereocenters. The van der Waals surface area contributed by atoms with Crippen LogP contribution in [0.3, 0.4) is 0 Å². The van der Waals surface area contributed by atoms with Crippen LogP contribution in [0.1, 0.15) is 34.1 Å². The molecule has 74 valence electrons. The molecule has 1 aliphatic rings. The van der Waals surface area contributed by atoms with Crippen molar-refractivity contribution < 1.29 is 4.74 Å². The fourth-order valence-corrected chi connectivity index (χ4v) is 2.15. The molecule has 2 nitrogen and oxygen atoms in total. The van der Waals surface area contributed by atoms with E-state index in [9.17, 15) is 0 Å². The molecule has 0 amide bonds. The standard InChI is InChI=1S/C11H19NO/c1-5-10-8(3)7(2)9(4)11(6-12)13-10/h7-11H,5H2,1-4H3. The highest BCUT2D eigenvalue weighted by Gasteiger charge is 2.37. The van der Waals surface area contributed by atoms with Gasteiger partial charge in [-0.2, -0.15) is 5.26 Å². The van der Waals surface area contributed by atoms with Crippen LogP contribution in [-0.2, 0) is 4.74 Å². The number of rotatable bonds is 1. The largest absolute Gasteiger partial charge is 0.359 e. The van der Waals surface area contributed by atoms with E-state index in [-0.39, 0.29) is 12.2 Å². The minimum absolute atomic E-state index is 0.198. The van der Waals surface area contributed by atoms with Crippen LogP contribution in [0.15, 0.2) is 0 Å². The van der Waals surface area contributed by atoms with Crippen molar-refractivity contribution >= 4 is 0 Å². The minimum atomic E-state index is -0.198. The fraction of sp³-hybridized carbons (Fsp3) is 0.909. The molecule has 5 unspecified atom stereocenters. The highest BCUT2D eigenvalue weighted by molar-refractivity contribution is 4.96. The van der Waals surface area contributed by atoms with E-state index in [0.717, 1.165) is 6.42 Å². The summed E-state index contributed by atoms with van der Waals surface area (Å²) in [5.74, 6) is 1.52. The topological polar surface area (TPSA) is 33.0 Å². The molecule has 0 bridgehead atoms. The monoisotopic (exact) mass is 181 g/mol. The first-order chi connectivity index (χ1) is 6.11. The van der Waals surface area contributed by atoms with Gasteiger partial charge in [0.25, 0.3) is 0 Å². The van der Waals surface area contributed by atoms with E-state index < -0.39 is 0 Å². The maximum atomic E-state index is 8.90. The predicted molar refractivity (Wildman–Crippen MR) is 52.1 cm³/mol. The molecule has 0 radical (unpaired) electrons. The molecule has 1 rings (SSSR count). The van der Waals surface area contributed by atoms with Crippen LogP contribution in [0.5, 0.6) is 0 Å². The second-order valence-electron chi connectivity index (χ2n) is 4.21. The normalized spacial score (nSPS) is 45.6. The van der Waals surface area contributed by atoms with E-state index in [1.165, 1.54) is 0 Å². The third-order valence-corrected chi connectivity index (χ3v) is 3.57. The van der Waals surface area contributed by atoms with Gasteiger partial charge in [0.15, 0.2) is 0 Å². The van der Waals surface area contributed by atoms with Gasteiger partial charge >= 0.3 is 0 Å². The van der Waals surface area contributed by atoms with Crippen molar-refractivity contribution in [2.24, 2.45) is 17.8 Å². The van der Waals surface area contributed by atoms with Gasteiger partial charge in [0.1, 0.15) is 6.10 Å². The smallest absolute Gasteiger partial charge is 0.147 e. The zero-order valence-corrected chi connectivity index (χ0v) is 8.95. The fourth-order valence-electron chi connectivity index (χ4n) is 2.15. The van der Waals surface area contributed by atoms with Gasteiger partial charge in [-0.05, 0) is 24.2 Å². The number of nitriles is 1. The van der Waals surface area contributed by atoms with Crippen LogP contribution in [0.4, 0.5) is 0 Å². The van der Waals surface area contributed by atoms with Crippen molar-refractivity contribution in [3.05, 3.63) is 0 Å². The lowest BCUT2D eigenvalue weighted by Crippen LogP contribution is -2.43. The Hall–Kier alpha value is -0.550. The van der Waals surface area contributed by atoms with Crippen LogP contribution in [0.25, 0.3) is 0 Å². The minimum Gasteiger partial charge on any atom is -0.359 e. The molecule has 0 aromatic carbocycles. The maximum absolute atomic E-state index is 8.90. The second kappa shape index (κ2) is 4.11. The van der Waals surface area contributed by atoms with Crippen LogP contribution in [0, 0.1) is 29.1 Å².